The second-order valence-electron chi connectivity index (χ2n) is 10.5. The topological polar surface area (TPSA) is 49.9 Å². The summed E-state index contributed by atoms with van der Waals surface area (Å²) < 4.78 is 6.04. The Balaban J connectivity index is 1.19. The summed E-state index contributed by atoms with van der Waals surface area (Å²) in [6, 6.07) is 24.9. The molecule has 2 amide bonds. The number of carbonyl (C=O) groups excluding carboxylic acids is 2. The molecule has 5 nitrogen and oxygen atoms in total. The first-order chi connectivity index (χ1) is 18.0. The van der Waals surface area contributed by atoms with E-state index in [-0.39, 0.29) is 30.0 Å². The van der Waals surface area contributed by atoms with Gasteiger partial charge in [0.15, 0.2) is 0 Å². The fourth-order valence-electron chi connectivity index (χ4n) is 6.28. The Kier molecular flexibility index (Phi) is 6.07. The fourth-order valence-corrected chi connectivity index (χ4v) is 6.28. The van der Waals surface area contributed by atoms with Crippen LogP contribution in [0.5, 0.6) is 0 Å². The van der Waals surface area contributed by atoms with Crippen molar-refractivity contribution in [3.8, 4) is 11.1 Å². The molecule has 188 valence electrons. The monoisotopic (exact) mass is 492 g/mol. The lowest BCUT2D eigenvalue weighted by Crippen LogP contribution is -2.51. The second kappa shape index (κ2) is 9.55. The number of amides is 2. The van der Waals surface area contributed by atoms with Crippen LogP contribution in [-0.4, -0.2) is 54.6 Å². The zero-order valence-electron chi connectivity index (χ0n) is 21.4. The van der Waals surface area contributed by atoms with Crippen LogP contribution < -0.4 is 0 Å². The van der Waals surface area contributed by atoms with Crippen LogP contribution in [0.4, 0.5) is 4.79 Å². The van der Waals surface area contributed by atoms with Crippen molar-refractivity contribution < 1.29 is 14.3 Å². The number of rotatable bonds is 4. The average molecular weight is 493 g/mol. The van der Waals surface area contributed by atoms with Crippen LogP contribution in [0.3, 0.4) is 0 Å². The maximum Gasteiger partial charge on any atom is 0.410 e. The molecule has 2 aliphatic heterocycles. The van der Waals surface area contributed by atoms with Gasteiger partial charge in [0, 0.05) is 31.6 Å². The number of ether oxygens (including phenoxy) is 1. The van der Waals surface area contributed by atoms with Crippen LogP contribution >= 0.6 is 0 Å². The van der Waals surface area contributed by atoms with Crippen LogP contribution in [0.15, 0.2) is 78.9 Å². The van der Waals surface area contributed by atoms with Crippen molar-refractivity contribution in [3.05, 3.63) is 101 Å². The van der Waals surface area contributed by atoms with Crippen LogP contribution in [0.25, 0.3) is 16.7 Å². The maximum atomic E-state index is 13.5. The number of carbonyl (C=O) groups is 2. The number of hydrogen-bond acceptors (Lipinski definition) is 3. The molecule has 0 spiro atoms. The molecule has 2 atom stereocenters. The van der Waals surface area contributed by atoms with E-state index < -0.39 is 0 Å². The number of piperidine rings is 1. The summed E-state index contributed by atoms with van der Waals surface area (Å²) in [5, 5.41) is 0. The van der Waals surface area contributed by atoms with Gasteiger partial charge < -0.3 is 9.64 Å². The van der Waals surface area contributed by atoms with Crippen LogP contribution in [0.2, 0.25) is 0 Å². The summed E-state index contributed by atoms with van der Waals surface area (Å²) in [7, 11) is 3.53. The van der Waals surface area contributed by atoms with Gasteiger partial charge in [0.2, 0.25) is 0 Å². The Morgan fingerprint density at radius 3 is 2.16 bits per heavy atom. The molecule has 2 bridgehead atoms. The number of hydrogen-bond donors (Lipinski definition) is 0. The van der Waals surface area contributed by atoms with Gasteiger partial charge in [0.25, 0.3) is 5.91 Å². The van der Waals surface area contributed by atoms with E-state index in [9.17, 15) is 9.59 Å². The number of nitrogens with zero attached hydrogens (tertiary/aromatic N) is 2. The molecule has 6 rings (SSSR count). The summed E-state index contributed by atoms with van der Waals surface area (Å²) in [4.78, 5) is 29.3. The van der Waals surface area contributed by atoms with Gasteiger partial charge in [-0.3, -0.25) is 9.69 Å². The van der Waals surface area contributed by atoms with E-state index in [1.165, 1.54) is 27.8 Å². The van der Waals surface area contributed by atoms with Gasteiger partial charge in [0.1, 0.15) is 6.61 Å². The lowest BCUT2D eigenvalue weighted by Gasteiger charge is -2.44. The molecule has 3 aromatic rings. The van der Waals surface area contributed by atoms with E-state index in [4.69, 9.17) is 4.74 Å². The molecule has 1 saturated heterocycles. The van der Waals surface area contributed by atoms with Gasteiger partial charge >= 0.3 is 6.09 Å². The Bertz CT molecular complexity index is 1330. The second-order valence-corrected chi connectivity index (χ2v) is 10.5. The first kappa shape index (κ1) is 23.5. The fraction of sp³-hybridized carbons (Fsp3) is 0.312. The van der Waals surface area contributed by atoms with Crippen molar-refractivity contribution in [2.24, 2.45) is 0 Å². The van der Waals surface area contributed by atoms with Crippen LogP contribution in [-0.2, 0) is 4.74 Å². The molecule has 5 heteroatoms. The van der Waals surface area contributed by atoms with Crippen LogP contribution in [0, 0.1) is 0 Å². The largest absolute Gasteiger partial charge is 0.448 e. The molecular weight excluding hydrogens is 460 g/mol. The lowest BCUT2D eigenvalue weighted by molar-refractivity contribution is 0.0538. The molecule has 37 heavy (non-hydrogen) atoms. The lowest BCUT2D eigenvalue weighted by atomic mass is 9.83. The summed E-state index contributed by atoms with van der Waals surface area (Å²) in [5.74, 6) is 0.0675. The molecule has 1 aliphatic carbocycles. The smallest absolute Gasteiger partial charge is 0.410 e. The van der Waals surface area contributed by atoms with Gasteiger partial charge in [-0.05, 0) is 71.2 Å². The van der Waals surface area contributed by atoms with Crippen molar-refractivity contribution in [2.45, 2.75) is 43.7 Å². The molecule has 3 aliphatic rings. The quantitative estimate of drug-likeness (QED) is 0.427. The predicted molar refractivity (Wildman–Crippen MR) is 145 cm³/mol. The predicted octanol–water partition coefficient (Wildman–Crippen LogP) is 6.35. The Hall–Kier alpha value is -3.86. The number of fused-ring (bicyclic) bond motifs is 5. The standard InChI is InChI=1S/C32H32N2O3/c1-33(2)31(35)22-16-14-21(15-17-22)23-18-24-8-7-9-25(19-23)34(24)32(36)37-20-30-28-12-5-3-10-26(28)27-11-4-6-13-29(27)30/h3-6,10-18,24-25,30H,7-9,19-20H2,1-2H3. The van der Waals surface area contributed by atoms with Gasteiger partial charge in [-0.1, -0.05) is 66.7 Å². The van der Waals surface area contributed by atoms with E-state index in [0.29, 0.717) is 12.2 Å². The molecule has 0 radical (unpaired) electrons. The minimum Gasteiger partial charge on any atom is -0.448 e. The SMILES string of the molecule is CN(C)C(=O)c1ccc(C2=CC3CCCC(C2)N3C(=O)OCC2c3ccccc3-c3ccccc32)cc1. The first-order valence-electron chi connectivity index (χ1n) is 13.2. The van der Waals surface area contributed by atoms with Gasteiger partial charge in [-0.2, -0.15) is 0 Å². The Morgan fingerprint density at radius 2 is 1.54 bits per heavy atom. The summed E-state index contributed by atoms with van der Waals surface area (Å²) in [5.41, 5.74) is 7.99. The highest BCUT2D eigenvalue weighted by Crippen LogP contribution is 2.45. The molecule has 3 aromatic carbocycles. The molecule has 2 heterocycles. The van der Waals surface area contributed by atoms with Gasteiger partial charge in [-0.15, -0.1) is 0 Å². The third kappa shape index (κ3) is 4.22. The maximum absolute atomic E-state index is 13.5. The van der Waals surface area contributed by atoms with Crippen molar-refractivity contribution in [1.82, 2.24) is 9.80 Å². The number of benzene rings is 3. The third-order valence-electron chi connectivity index (χ3n) is 8.09. The normalized spacial score (nSPS) is 20.1. The average Bonchev–Trinajstić information content (AvgIpc) is 3.24. The van der Waals surface area contributed by atoms with E-state index in [0.717, 1.165) is 31.2 Å². The van der Waals surface area contributed by atoms with E-state index in [1.54, 1.807) is 19.0 Å². The van der Waals surface area contributed by atoms with Crippen molar-refractivity contribution >= 4 is 17.6 Å². The summed E-state index contributed by atoms with van der Waals surface area (Å²) >= 11 is 0. The summed E-state index contributed by atoms with van der Waals surface area (Å²) in [6.45, 7) is 0.348. The van der Waals surface area contributed by atoms with Crippen molar-refractivity contribution in [2.75, 3.05) is 20.7 Å². The minimum absolute atomic E-state index is 0.00229. The molecule has 0 aromatic heterocycles. The molecule has 1 fully saturated rings. The van der Waals surface area contributed by atoms with Crippen molar-refractivity contribution in [3.63, 3.8) is 0 Å². The molecule has 0 N–H and O–H groups in total. The molecule has 2 unspecified atom stereocenters. The molecule has 0 saturated carbocycles. The van der Waals surface area contributed by atoms with Gasteiger partial charge in [0.05, 0.1) is 6.04 Å². The minimum atomic E-state index is -0.209. The first-order valence-corrected chi connectivity index (χ1v) is 13.2. The Labute approximate surface area is 218 Å². The van der Waals surface area contributed by atoms with Gasteiger partial charge in [-0.25, -0.2) is 4.79 Å². The molecular formula is C32H32N2O3. The summed E-state index contributed by atoms with van der Waals surface area (Å²) in [6.07, 6.45) is 5.87. The van der Waals surface area contributed by atoms with Crippen LogP contribution in [0.1, 0.15) is 58.6 Å². The zero-order chi connectivity index (χ0) is 25.5. The zero-order valence-corrected chi connectivity index (χ0v) is 21.4. The Morgan fingerprint density at radius 1 is 0.892 bits per heavy atom. The van der Waals surface area contributed by atoms with E-state index in [2.05, 4.69) is 54.6 Å². The highest BCUT2D eigenvalue weighted by Gasteiger charge is 2.39. The van der Waals surface area contributed by atoms with Crippen molar-refractivity contribution in [1.29, 1.82) is 0 Å². The van der Waals surface area contributed by atoms with E-state index >= 15 is 0 Å². The van der Waals surface area contributed by atoms with E-state index in [1.807, 2.05) is 29.2 Å². The third-order valence-corrected chi connectivity index (χ3v) is 8.09. The highest BCUT2D eigenvalue weighted by atomic mass is 16.6. The highest BCUT2D eigenvalue weighted by molar-refractivity contribution is 5.94.